The van der Waals surface area contributed by atoms with E-state index < -0.39 is 0 Å². The van der Waals surface area contributed by atoms with Gasteiger partial charge in [-0.3, -0.25) is 4.68 Å². The van der Waals surface area contributed by atoms with Crippen LogP contribution in [0.3, 0.4) is 0 Å². The maximum Gasteiger partial charge on any atom is 0.156 e. The first-order chi connectivity index (χ1) is 11.3. The van der Waals surface area contributed by atoms with Gasteiger partial charge in [0.05, 0.1) is 18.3 Å². The second-order valence-corrected chi connectivity index (χ2v) is 6.11. The Labute approximate surface area is 135 Å². The summed E-state index contributed by atoms with van der Waals surface area (Å²) in [5, 5.41) is 4.31. The maximum absolute atomic E-state index is 5.50. The molecule has 0 spiro atoms. The molecule has 2 aromatic rings. The van der Waals surface area contributed by atoms with Crippen molar-refractivity contribution in [2.75, 3.05) is 38.3 Å². The number of anilines is 1. The molecule has 0 aliphatic carbocycles. The third-order valence-corrected chi connectivity index (χ3v) is 4.49. The molecule has 0 saturated carbocycles. The van der Waals surface area contributed by atoms with Crippen molar-refractivity contribution in [1.82, 2.24) is 19.7 Å². The Morgan fingerprint density at radius 3 is 2.96 bits per heavy atom. The standard InChI is InChI=1S/C16H21N5O2/c1-22-11-15-18-14(12-3-6-23-10-12)7-16(19-15)20-8-13(9-20)21-5-2-4-17-21/h2,4-5,7,12-13H,3,6,8-11H2,1H3. The molecule has 2 aliphatic heterocycles. The van der Waals surface area contributed by atoms with Gasteiger partial charge in [-0.1, -0.05) is 0 Å². The maximum atomic E-state index is 5.50. The molecule has 0 N–H and O–H groups in total. The van der Waals surface area contributed by atoms with Crippen LogP contribution in [0.25, 0.3) is 0 Å². The Kier molecular flexibility index (Phi) is 3.97. The molecule has 0 amide bonds. The number of ether oxygens (including phenoxy) is 2. The summed E-state index contributed by atoms with van der Waals surface area (Å²) in [4.78, 5) is 11.6. The monoisotopic (exact) mass is 315 g/mol. The van der Waals surface area contributed by atoms with Crippen molar-refractivity contribution in [3.05, 3.63) is 36.0 Å². The lowest BCUT2D eigenvalue weighted by Gasteiger charge is -2.40. The Morgan fingerprint density at radius 1 is 1.35 bits per heavy atom. The van der Waals surface area contributed by atoms with Crippen LogP contribution < -0.4 is 4.90 Å². The minimum absolute atomic E-state index is 0.371. The molecular weight excluding hydrogens is 294 g/mol. The van der Waals surface area contributed by atoms with E-state index in [1.54, 1.807) is 7.11 Å². The van der Waals surface area contributed by atoms with Crippen LogP contribution in [0.4, 0.5) is 5.82 Å². The molecule has 2 aromatic heterocycles. The van der Waals surface area contributed by atoms with Crippen molar-refractivity contribution in [2.24, 2.45) is 0 Å². The van der Waals surface area contributed by atoms with Crippen LogP contribution in [0.2, 0.25) is 0 Å². The minimum Gasteiger partial charge on any atom is -0.381 e. The summed E-state index contributed by atoms with van der Waals surface area (Å²) in [7, 11) is 1.67. The number of methoxy groups -OCH3 is 1. The largest absolute Gasteiger partial charge is 0.381 e. The SMILES string of the molecule is COCc1nc(C2CCOC2)cc(N2CC(n3cccn3)C2)n1. The molecule has 1 atom stereocenters. The lowest BCUT2D eigenvalue weighted by Crippen LogP contribution is -2.48. The first kappa shape index (κ1) is 14.6. The van der Waals surface area contributed by atoms with Gasteiger partial charge in [0.15, 0.2) is 5.82 Å². The predicted octanol–water partition coefficient (Wildman–Crippen LogP) is 1.38. The molecule has 0 radical (unpaired) electrons. The van der Waals surface area contributed by atoms with Gasteiger partial charge in [0.1, 0.15) is 12.4 Å². The zero-order valence-electron chi connectivity index (χ0n) is 13.3. The number of nitrogens with zero attached hydrogens (tertiary/aromatic N) is 5. The van der Waals surface area contributed by atoms with Crippen LogP contribution in [0, 0.1) is 0 Å². The van der Waals surface area contributed by atoms with Crippen molar-refractivity contribution in [2.45, 2.75) is 25.0 Å². The lowest BCUT2D eigenvalue weighted by molar-refractivity contribution is 0.177. The van der Waals surface area contributed by atoms with Crippen LogP contribution in [0.5, 0.6) is 0 Å². The van der Waals surface area contributed by atoms with Gasteiger partial charge in [-0.05, 0) is 12.5 Å². The average Bonchev–Trinajstić information content (AvgIpc) is 3.20. The second kappa shape index (κ2) is 6.25. The van der Waals surface area contributed by atoms with E-state index >= 15 is 0 Å². The molecule has 7 heteroatoms. The first-order valence-electron chi connectivity index (χ1n) is 8.02. The molecule has 7 nitrogen and oxygen atoms in total. The van der Waals surface area contributed by atoms with Crippen LogP contribution in [-0.4, -0.2) is 53.2 Å². The minimum atomic E-state index is 0.371. The van der Waals surface area contributed by atoms with Crippen LogP contribution in [0.1, 0.15) is 29.9 Å². The van der Waals surface area contributed by atoms with Gasteiger partial charge in [-0.2, -0.15) is 5.10 Å². The summed E-state index contributed by atoms with van der Waals surface area (Å²) in [6.07, 6.45) is 4.86. The fraction of sp³-hybridized carbons (Fsp3) is 0.562. The van der Waals surface area contributed by atoms with Gasteiger partial charge in [0.2, 0.25) is 0 Å². The van der Waals surface area contributed by atoms with E-state index in [2.05, 4.69) is 26.0 Å². The van der Waals surface area contributed by atoms with Crippen molar-refractivity contribution in [3.63, 3.8) is 0 Å². The van der Waals surface area contributed by atoms with Gasteiger partial charge in [0.25, 0.3) is 0 Å². The van der Waals surface area contributed by atoms with Gasteiger partial charge in [0, 0.05) is 51.2 Å². The third-order valence-electron chi connectivity index (χ3n) is 4.49. The van der Waals surface area contributed by atoms with Gasteiger partial charge in [-0.15, -0.1) is 0 Å². The Balaban J connectivity index is 1.53. The normalized spacial score (nSPS) is 21.6. The molecule has 2 aliphatic rings. The molecule has 1 unspecified atom stereocenters. The first-order valence-corrected chi connectivity index (χ1v) is 8.02. The highest BCUT2D eigenvalue weighted by atomic mass is 16.5. The average molecular weight is 315 g/mol. The fourth-order valence-corrected chi connectivity index (χ4v) is 3.14. The Bertz CT molecular complexity index is 648. The van der Waals surface area contributed by atoms with Crippen molar-refractivity contribution >= 4 is 5.82 Å². The van der Waals surface area contributed by atoms with E-state index in [9.17, 15) is 0 Å². The molecule has 0 aromatic carbocycles. The zero-order valence-corrected chi connectivity index (χ0v) is 13.3. The van der Waals surface area contributed by atoms with Gasteiger partial charge >= 0.3 is 0 Å². The molecule has 2 fully saturated rings. The van der Waals surface area contributed by atoms with Gasteiger partial charge in [-0.25, -0.2) is 9.97 Å². The van der Waals surface area contributed by atoms with Crippen LogP contribution in [-0.2, 0) is 16.1 Å². The van der Waals surface area contributed by atoms with Crippen LogP contribution in [0.15, 0.2) is 24.5 Å². The molecule has 122 valence electrons. The summed E-state index contributed by atoms with van der Waals surface area (Å²) in [5.41, 5.74) is 1.07. The molecule has 4 heterocycles. The van der Waals surface area contributed by atoms with E-state index in [0.29, 0.717) is 18.6 Å². The zero-order chi connectivity index (χ0) is 15.6. The van der Waals surface area contributed by atoms with Crippen molar-refractivity contribution < 1.29 is 9.47 Å². The summed E-state index contributed by atoms with van der Waals surface area (Å²) in [6, 6.07) is 4.49. The highest BCUT2D eigenvalue weighted by Gasteiger charge is 2.31. The Morgan fingerprint density at radius 2 is 2.26 bits per heavy atom. The van der Waals surface area contributed by atoms with E-state index in [4.69, 9.17) is 9.47 Å². The summed E-state index contributed by atoms with van der Waals surface area (Å²) in [6.45, 7) is 3.84. The van der Waals surface area contributed by atoms with E-state index in [-0.39, 0.29) is 0 Å². The number of rotatable bonds is 5. The quantitative estimate of drug-likeness (QED) is 0.830. The summed E-state index contributed by atoms with van der Waals surface area (Å²) in [5.74, 6) is 2.10. The van der Waals surface area contributed by atoms with E-state index in [1.807, 2.05) is 23.1 Å². The highest BCUT2D eigenvalue weighted by molar-refractivity contribution is 5.44. The lowest BCUT2D eigenvalue weighted by atomic mass is 10.0. The smallest absolute Gasteiger partial charge is 0.156 e. The van der Waals surface area contributed by atoms with Crippen LogP contribution >= 0.6 is 0 Å². The third kappa shape index (κ3) is 2.94. The highest BCUT2D eigenvalue weighted by Crippen LogP contribution is 2.30. The number of aromatic nitrogens is 4. The van der Waals surface area contributed by atoms with Crippen molar-refractivity contribution in [3.8, 4) is 0 Å². The molecule has 2 saturated heterocycles. The fourth-order valence-electron chi connectivity index (χ4n) is 3.14. The summed E-state index contributed by atoms with van der Waals surface area (Å²) >= 11 is 0. The number of hydrogen-bond donors (Lipinski definition) is 0. The summed E-state index contributed by atoms with van der Waals surface area (Å²) < 4.78 is 12.7. The molecular formula is C16H21N5O2. The molecule has 23 heavy (non-hydrogen) atoms. The second-order valence-electron chi connectivity index (χ2n) is 6.11. The van der Waals surface area contributed by atoms with E-state index in [0.717, 1.165) is 50.1 Å². The van der Waals surface area contributed by atoms with Crippen molar-refractivity contribution in [1.29, 1.82) is 0 Å². The topological polar surface area (TPSA) is 65.3 Å². The van der Waals surface area contributed by atoms with E-state index in [1.165, 1.54) is 0 Å². The predicted molar refractivity (Wildman–Crippen MR) is 84.4 cm³/mol. The van der Waals surface area contributed by atoms with Gasteiger partial charge < -0.3 is 14.4 Å². The Hall–Kier alpha value is -1.99. The number of hydrogen-bond acceptors (Lipinski definition) is 6. The molecule has 0 bridgehead atoms. The molecule has 4 rings (SSSR count).